The van der Waals surface area contributed by atoms with E-state index >= 15 is 0 Å². The number of aliphatic hydroxyl groups is 1. The molecule has 25 heavy (non-hydrogen) atoms. The summed E-state index contributed by atoms with van der Waals surface area (Å²) in [4.78, 5) is 14.3. The van der Waals surface area contributed by atoms with Crippen molar-refractivity contribution < 1.29 is 19.2 Å². The Morgan fingerprint density at radius 1 is 1.36 bits per heavy atom. The van der Waals surface area contributed by atoms with Gasteiger partial charge in [-0.05, 0) is 19.1 Å². The predicted octanol–water partition coefficient (Wildman–Crippen LogP) is 2.97. The van der Waals surface area contributed by atoms with Gasteiger partial charge in [0.05, 0.1) is 29.0 Å². The van der Waals surface area contributed by atoms with Crippen LogP contribution >= 0.6 is 23.2 Å². The highest BCUT2D eigenvalue weighted by Crippen LogP contribution is 2.34. The molecule has 1 saturated heterocycles. The molecule has 2 heterocycles. The van der Waals surface area contributed by atoms with Gasteiger partial charge in [0, 0.05) is 37.1 Å². The predicted molar refractivity (Wildman–Crippen MR) is 93.4 cm³/mol. The molecule has 6 nitrogen and oxygen atoms in total. The van der Waals surface area contributed by atoms with Crippen molar-refractivity contribution in [1.82, 2.24) is 10.1 Å². The van der Waals surface area contributed by atoms with Gasteiger partial charge in [-0.3, -0.25) is 4.79 Å². The van der Waals surface area contributed by atoms with Crippen LogP contribution in [0, 0.1) is 12.8 Å². The lowest BCUT2D eigenvalue weighted by molar-refractivity contribution is 0.0764. The summed E-state index contributed by atoms with van der Waals surface area (Å²) in [6.07, 6.45) is -0.103. The Labute approximate surface area is 155 Å². The summed E-state index contributed by atoms with van der Waals surface area (Å²) in [7, 11) is 1.46. The zero-order chi connectivity index (χ0) is 18.1. The van der Waals surface area contributed by atoms with Crippen LogP contribution in [0.4, 0.5) is 0 Å². The van der Waals surface area contributed by atoms with E-state index in [0.29, 0.717) is 30.0 Å². The van der Waals surface area contributed by atoms with Crippen LogP contribution in [-0.2, 0) is 6.42 Å². The molecular formula is C17H18Cl2N2O4. The summed E-state index contributed by atoms with van der Waals surface area (Å²) in [6, 6.07) is 4.88. The highest BCUT2D eigenvalue weighted by molar-refractivity contribution is 6.37. The van der Waals surface area contributed by atoms with E-state index in [1.54, 1.807) is 4.90 Å². The molecule has 0 saturated carbocycles. The molecule has 0 spiro atoms. The molecule has 8 heteroatoms. The van der Waals surface area contributed by atoms with E-state index in [-0.39, 0.29) is 28.4 Å². The van der Waals surface area contributed by atoms with Crippen molar-refractivity contribution >= 4 is 29.1 Å². The maximum Gasteiger partial charge on any atom is 0.254 e. The molecule has 2 aromatic rings. The maximum absolute atomic E-state index is 12.7. The minimum atomic E-state index is -0.626. The van der Waals surface area contributed by atoms with Crippen molar-refractivity contribution in [2.75, 3.05) is 20.2 Å². The van der Waals surface area contributed by atoms with E-state index in [4.69, 9.17) is 32.5 Å². The van der Waals surface area contributed by atoms with E-state index in [1.165, 1.54) is 19.2 Å². The molecule has 134 valence electrons. The van der Waals surface area contributed by atoms with Gasteiger partial charge in [-0.1, -0.05) is 28.4 Å². The molecule has 1 amide bonds. The SMILES string of the molecule is COc1c(Cl)cc(C(=O)N2C[C@@H](Cc3cc(C)no3)[C@@H](O)C2)cc1Cl. The summed E-state index contributed by atoms with van der Waals surface area (Å²) in [5.74, 6) is 0.688. The van der Waals surface area contributed by atoms with Crippen LogP contribution in [0.5, 0.6) is 5.75 Å². The number of carbonyl (C=O) groups is 1. The number of carbonyl (C=O) groups excluding carboxylic acids is 1. The molecule has 0 aliphatic carbocycles. The lowest BCUT2D eigenvalue weighted by atomic mass is 10.0. The summed E-state index contributed by atoms with van der Waals surface area (Å²) in [6.45, 7) is 2.50. The molecule has 1 aliphatic heterocycles. The number of nitrogens with zero attached hydrogens (tertiary/aromatic N) is 2. The largest absolute Gasteiger partial charge is 0.494 e. The van der Waals surface area contributed by atoms with Gasteiger partial charge in [-0.15, -0.1) is 0 Å². The fourth-order valence-corrected chi connectivity index (χ4v) is 3.69. The maximum atomic E-state index is 12.7. The first-order valence-corrected chi connectivity index (χ1v) is 8.57. The quantitative estimate of drug-likeness (QED) is 0.876. The van der Waals surface area contributed by atoms with Crippen LogP contribution in [0.2, 0.25) is 10.0 Å². The average Bonchev–Trinajstić information content (AvgIpc) is 3.13. The van der Waals surface area contributed by atoms with Crippen molar-refractivity contribution in [2.24, 2.45) is 5.92 Å². The number of amides is 1. The molecule has 1 fully saturated rings. The fourth-order valence-electron chi connectivity index (χ4n) is 3.05. The summed E-state index contributed by atoms with van der Waals surface area (Å²) >= 11 is 12.2. The van der Waals surface area contributed by atoms with Crippen molar-refractivity contribution in [2.45, 2.75) is 19.4 Å². The second-order valence-corrected chi connectivity index (χ2v) is 6.96. The number of β-amino-alcohol motifs (C(OH)–C–C–N with tert-alkyl or cyclic N) is 1. The summed E-state index contributed by atoms with van der Waals surface area (Å²) in [5, 5.41) is 14.7. The van der Waals surface area contributed by atoms with Gasteiger partial charge in [0.15, 0.2) is 5.75 Å². The minimum Gasteiger partial charge on any atom is -0.494 e. The Morgan fingerprint density at radius 3 is 2.60 bits per heavy atom. The highest BCUT2D eigenvalue weighted by Gasteiger charge is 2.35. The standard InChI is InChI=1S/C17H18Cl2N2O4/c1-9-3-12(25-20-9)4-11-7-21(8-15(11)22)17(23)10-5-13(18)16(24-2)14(19)6-10/h3,5-6,11,15,22H,4,7-8H2,1-2H3/t11-,15+/m1/s1. The number of ether oxygens (including phenoxy) is 1. The molecule has 1 N–H and O–H groups in total. The van der Waals surface area contributed by atoms with Crippen molar-refractivity contribution in [3.05, 3.63) is 45.3 Å². The Balaban J connectivity index is 1.73. The van der Waals surface area contributed by atoms with Crippen LogP contribution in [0.15, 0.2) is 22.7 Å². The second-order valence-electron chi connectivity index (χ2n) is 6.15. The Kier molecular flexibility index (Phi) is 5.22. The molecule has 0 unspecified atom stereocenters. The van der Waals surface area contributed by atoms with Crippen LogP contribution < -0.4 is 4.74 Å². The van der Waals surface area contributed by atoms with E-state index < -0.39 is 6.10 Å². The number of aromatic nitrogens is 1. The molecule has 3 rings (SSSR count). The molecule has 0 bridgehead atoms. The smallest absolute Gasteiger partial charge is 0.254 e. The van der Waals surface area contributed by atoms with Crippen LogP contribution in [0.1, 0.15) is 21.8 Å². The molecule has 2 atom stereocenters. The van der Waals surface area contributed by atoms with Gasteiger partial charge in [0.25, 0.3) is 5.91 Å². The number of aryl methyl sites for hydroxylation is 1. The van der Waals surface area contributed by atoms with E-state index in [2.05, 4.69) is 5.16 Å². The summed E-state index contributed by atoms with van der Waals surface area (Å²) < 4.78 is 10.3. The van der Waals surface area contributed by atoms with Crippen LogP contribution in [0.25, 0.3) is 0 Å². The van der Waals surface area contributed by atoms with Crippen molar-refractivity contribution in [3.63, 3.8) is 0 Å². The number of hydrogen-bond donors (Lipinski definition) is 1. The lowest BCUT2D eigenvalue weighted by Crippen LogP contribution is -2.29. The van der Waals surface area contributed by atoms with Crippen LogP contribution in [0.3, 0.4) is 0 Å². The van der Waals surface area contributed by atoms with Gasteiger partial charge < -0.3 is 19.3 Å². The fraction of sp³-hybridized carbons (Fsp3) is 0.412. The van der Waals surface area contributed by atoms with Gasteiger partial charge in [-0.25, -0.2) is 0 Å². The van der Waals surface area contributed by atoms with Gasteiger partial charge in [-0.2, -0.15) is 0 Å². The molecule has 1 aromatic carbocycles. The van der Waals surface area contributed by atoms with E-state index in [1.807, 2.05) is 13.0 Å². The van der Waals surface area contributed by atoms with Crippen molar-refractivity contribution in [3.8, 4) is 5.75 Å². The highest BCUT2D eigenvalue weighted by atomic mass is 35.5. The van der Waals surface area contributed by atoms with Gasteiger partial charge in [0.1, 0.15) is 5.76 Å². The monoisotopic (exact) mass is 384 g/mol. The van der Waals surface area contributed by atoms with Gasteiger partial charge in [0.2, 0.25) is 0 Å². The van der Waals surface area contributed by atoms with Crippen molar-refractivity contribution in [1.29, 1.82) is 0 Å². The molecular weight excluding hydrogens is 367 g/mol. The van der Waals surface area contributed by atoms with E-state index in [9.17, 15) is 9.90 Å². The number of hydrogen-bond acceptors (Lipinski definition) is 5. The first-order valence-electron chi connectivity index (χ1n) is 7.81. The number of aliphatic hydroxyl groups excluding tert-OH is 1. The Bertz CT molecular complexity index is 770. The number of rotatable bonds is 4. The Morgan fingerprint density at radius 2 is 2.04 bits per heavy atom. The normalized spacial score (nSPS) is 20.1. The lowest BCUT2D eigenvalue weighted by Gasteiger charge is -2.17. The number of methoxy groups -OCH3 is 1. The first kappa shape index (κ1) is 18.0. The zero-order valence-electron chi connectivity index (χ0n) is 13.8. The summed E-state index contributed by atoms with van der Waals surface area (Å²) in [5.41, 5.74) is 1.15. The van der Waals surface area contributed by atoms with E-state index in [0.717, 1.165) is 5.69 Å². The Hall–Kier alpha value is -1.76. The number of benzene rings is 1. The first-order chi connectivity index (χ1) is 11.9. The third-order valence-corrected chi connectivity index (χ3v) is 4.84. The van der Waals surface area contributed by atoms with Crippen LogP contribution in [-0.4, -0.2) is 47.4 Å². The average molecular weight is 385 g/mol. The van der Waals surface area contributed by atoms with Gasteiger partial charge >= 0.3 is 0 Å². The second kappa shape index (κ2) is 7.23. The molecule has 0 radical (unpaired) electrons. The third kappa shape index (κ3) is 3.76. The number of halogens is 2. The topological polar surface area (TPSA) is 75.8 Å². The zero-order valence-corrected chi connectivity index (χ0v) is 15.3. The molecule has 1 aliphatic rings. The molecule has 1 aromatic heterocycles. The third-order valence-electron chi connectivity index (χ3n) is 4.28. The minimum absolute atomic E-state index is 0.111. The number of likely N-dealkylation sites (tertiary alicyclic amines) is 1.